The van der Waals surface area contributed by atoms with Gasteiger partial charge in [0.25, 0.3) is 11.8 Å². The molecule has 0 aromatic heterocycles. The first-order chi connectivity index (χ1) is 13.5. The fourth-order valence-corrected chi connectivity index (χ4v) is 4.74. The summed E-state index contributed by atoms with van der Waals surface area (Å²) in [6, 6.07) is 5.82. The third-order valence-corrected chi connectivity index (χ3v) is 5.90. The van der Waals surface area contributed by atoms with E-state index in [0.717, 1.165) is 32.1 Å². The Kier molecular flexibility index (Phi) is 5.23. The lowest BCUT2D eigenvalue weighted by Crippen LogP contribution is -2.48. The number of carbonyl (C=O) groups excluding carboxylic acids is 2. The highest BCUT2D eigenvalue weighted by Gasteiger charge is 2.45. The molecular weight excluding hydrogens is 359 g/mol. The average molecular weight is 386 g/mol. The number of hydrogen-bond donors (Lipinski definition) is 0. The number of morpholine rings is 1. The van der Waals surface area contributed by atoms with E-state index in [9.17, 15) is 14.0 Å². The molecular formula is C22H27FN2O3. The van der Waals surface area contributed by atoms with Gasteiger partial charge in [0.05, 0.1) is 17.8 Å². The van der Waals surface area contributed by atoms with Gasteiger partial charge in [-0.2, -0.15) is 0 Å². The first-order valence-electron chi connectivity index (χ1n) is 10.2. The number of ether oxygens (including phenoxy) is 1. The normalized spacial score (nSPS) is 27.1. The summed E-state index contributed by atoms with van der Waals surface area (Å²) in [4.78, 5) is 30.3. The largest absolute Gasteiger partial charge is 0.372 e. The van der Waals surface area contributed by atoms with Gasteiger partial charge in [-0.25, -0.2) is 4.39 Å². The maximum absolute atomic E-state index is 13.5. The third-order valence-electron chi connectivity index (χ3n) is 5.90. The van der Waals surface area contributed by atoms with Gasteiger partial charge in [0.1, 0.15) is 11.5 Å². The molecule has 1 aliphatic carbocycles. The highest BCUT2D eigenvalue weighted by Crippen LogP contribution is 2.37. The number of imide groups is 1. The van der Waals surface area contributed by atoms with Gasteiger partial charge in [0.2, 0.25) is 0 Å². The van der Waals surface area contributed by atoms with Crippen LogP contribution in [0.15, 0.2) is 30.0 Å². The summed E-state index contributed by atoms with van der Waals surface area (Å²) in [5.41, 5.74) is 1.45. The van der Waals surface area contributed by atoms with Crippen molar-refractivity contribution in [2.75, 3.05) is 13.1 Å². The lowest BCUT2D eigenvalue weighted by molar-refractivity contribution is -0.141. The van der Waals surface area contributed by atoms with Gasteiger partial charge in [-0.3, -0.25) is 14.5 Å². The Morgan fingerprint density at radius 2 is 1.54 bits per heavy atom. The van der Waals surface area contributed by atoms with Crippen LogP contribution >= 0.6 is 0 Å². The van der Waals surface area contributed by atoms with Crippen LogP contribution in [-0.2, 0) is 14.3 Å². The number of rotatable bonds is 3. The maximum atomic E-state index is 13.5. The molecule has 2 atom stereocenters. The van der Waals surface area contributed by atoms with Crippen LogP contribution in [0.3, 0.4) is 0 Å². The minimum Gasteiger partial charge on any atom is -0.372 e. The van der Waals surface area contributed by atoms with Gasteiger partial charge in [-0.05, 0) is 44.4 Å². The van der Waals surface area contributed by atoms with E-state index in [2.05, 4.69) is 0 Å². The zero-order valence-corrected chi connectivity index (χ0v) is 16.5. The number of carbonyl (C=O) groups is 2. The molecule has 0 spiro atoms. The van der Waals surface area contributed by atoms with Crippen molar-refractivity contribution in [1.82, 2.24) is 9.80 Å². The van der Waals surface area contributed by atoms with Crippen molar-refractivity contribution in [3.63, 3.8) is 0 Å². The molecule has 1 saturated heterocycles. The van der Waals surface area contributed by atoms with Crippen LogP contribution in [0.1, 0.15) is 51.5 Å². The Bertz CT molecular complexity index is 789. The summed E-state index contributed by atoms with van der Waals surface area (Å²) >= 11 is 0. The molecule has 1 aromatic rings. The lowest BCUT2D eigenvalue weighted by atomic mass is 9.94. The van der Waals surface area contributed by atoms with Crippen LogP contribution < -0.4 is 0 Å². The summed E-state index contributed by atoms with van der Waals surface area (Å²) in [7, 11) is 0. The molecule has 0 bridgehead atoms. The van der Waals surface area contributed by atoms with Crippen LogP contribution in [-0.4, -0.2) is 53.0 Å². The SMILES string of the molecule is CC1CN(C2=C(c3ccc(F)cc3)C(=O)N(C3CCCCC3)C2=O)CC(C)O1. The highest BCUT2D eigenvalue weighted by molar-refractivity contribution is 6.35. The molecule has 150 valence electrons. The van der Waals surface area contributed by atoms with Crippen LogP contribution in [0.4, 0.5) is 4.39 Å². The van der Waals surface area contributed by atoms with Gasteiger partial charge < -0.3 is 9.64 Å². The fraction of sp³-hybridized carbons (Fsp3) is 0.545. The molecule has 2 amide bonds. The molecule has 6 heteroatoms. The molecule has 2 heterocycles. The van der Waals surface area contributed by atoms with Crippen molar-refractivity contribution in [1.29, 1.82) is 0 Å². The van der Waals surface area contributed by atoms with E-state index >= 15 is 0 Å². The second kappa shape index (κ2) is 7.66. The molecule has 0 radical (unpaired) electrons. The summed E-state index contributed by atoms with van der Waals surface area (Å²) in [5.74, 6) is -0.816. The molecule has 2 unspecified atom stereocenters. The topological polar surface area (TPSA) is 49.9 Å². The fourth-order valence-electron chi connectivity index (χ4n) is 4.74. The van der Waals surface area contributed by atoms with E-state index < -0.39 is 0 Å². The van der Waals surface area contributed by atoms with E-state index in [1.165, 1.54) is 17.0 Å². The molecule has 5 nitrogen and oxygen atoms in total. The van der Waals surface area contributed by atoms with E-state index in [1.54, 1.807) is 12.1 Å². The average Bonchev–Trinajstić information content (AvgIpc) is 2.93. The van der Waals surface area contributed by atoms with E-state index in [1.807, 2.05) is 18.7 Å². The molecule has 4 rings (SSSR count). The van der Waals surface area contributed by atoms with Gasteiger partial charge in [-0.1, -0.05) is 31.4 Å². The van der Waals surface area contributed by atoms with Gasteiger partial charge in [-0.15, -0.1) is 0 Å². The van der Waals surface area contributed by atoms with Gasteiger partial charge >= 0.3 is 0 Å². The van der Waals surface area contributed by atoms with Crippen molar-refractivity contribution >= 4 is 17.4 Å². The van der Waals surface area contributed by atoms with E-state index in [0.29, 0.717) is 29.9 Å². The molecule has 2 aliphatic heterocycles. The van der Waals surface area contributed by atoms with Crippen LogP contribution in [0.2, 0.25) is 0 Å². The number of benzene rings is 1. The number of nitrogens with zero attached hydrogens (tertiary/aromatic N) is 2. The predicted molar refractivity (Wildman–Crippen MR) is 104 cm³/mol. The van der Waals surface area contributed by atoms with Crippen molar-refractivity contribution in [2.24, 2.45) is 0 Å². The Balaban J connectivity index is 1.76. The van der Waals surface area contributed by atoms with E-state index in [4.69, 9.17) is 4.74 Å². The van der Waals surface area contributed by atoms with Crippen molar-refractivity contribution < 1.29 is 18.7 Å². The van der Waals surface area contributed by atoms with Crippen molar-refractivity contribution in [3.05, 3.63) is 41.3 Å². The molecule has 0 N–H and O–H groups in total. The molecule has 3 aliphatic rings. The minimum absolute atomic E-state index is 0.0302. The first-order valence-corrected chi connectivity index (χ1v) is 10.2. The minimum atomic E-state index is -0.361. The Hall–Kier alpha value is -2.21. The summed E-state index contributed by atoms with van der Waals surface area (Å²) in [6.07, 6.45) is 4.88. The van der Waals surface area contributed by atoms with Crippen LogP contribution in [0.25, 0.3) is 5.57 Å². The summed E-state index contributed by atoms with van der Waals surface area (Å²) < 4.78 is 19.3. The second-order valence-corrected chi connectivity index (χ2v) is 8.16. The monoisotopic (exact) mass is 386 g/mol. The van der Waals surface area contributed by atoms with Crippen LogP contribution in [0, 0.1) is 5.82 Å². The van der Waals surface area contributed by atoms with E-state index in [-0.39, 0.29) is 35.9 Å². The molecule has 1 saturated carbocycles. The number of amides is 2. The van der Waals surface area contributed by atoms with Crippen molar-refractivity contribution in [3.8, 4) is 0 Å². The number of hydrogen-bond acceptors (Lipinski definition) is 4. The predicted octanol–water partition coefficient (Wildman–Crippen LogP) is 3.35. The zero-order chi connectivity index (χ0) is 19.8. The lowest BCUT2D eigenvalue weighted by Gasteiger charge is -2.37. The zero-order valence-electron chi connectivity index (χ0n) is 16.5. The second-order valence-electron chi connectivity index (χ2n) is 8.16. The summed E-state index contributed by atoms with van der Waals surface area (Å²) in [6.45, 7) is 5.06. The molecule has 2 fully saturated rings. The highest BCUT2D eigenvalue weighted by atomic mass is 19.1. The van der Waals surface area contributed by atoms with Gasteiger partial charge in [0, 0.05) is 19.1 Å². The maximum Gasteiger partial charge on any atom is 0.278 e. The third kappa shape index (κ3) is 3.46. The summed E-state index contributed by atoms with van der Waals surface area (Å²) in [5, 5.41) is 0. The molecule has 28 heavy (non-hydrogen) atoms. The molecule has 1 aromatic carbocycles. The standard InChI is InChI=1S/C22H27FN2O3/c1-14-12-24(13-15(2)28-14)20-19(16-8-10-17(23)11-9-16)21(26)25(22(20)27)18-6-4-3-5-7-18/h8-11,14-15,18H,3-7,12-13H2,1-2H3. The van der Waals surface area contributed by atoms with Gasteiger partial charge in [0.15, 0.2) is 0 Å². The van der Waals surface area contributed by atoms with Crippen molar-refractivity contribution in [2.45, 2.75) is 64.2 Å². The Labute approximate surface area is 165 Å². The Morgan fingerprint density at radius 3 is 2.14 bits per heavy atom. The van der Waals surface area contributed by atoms with Crippen LogP contribution in [0.5, 0.6) is 0 Å². The number of halogens is 1. The Morgan fingerprint density at radius 1 is 0.929 bits per heavy atom. The quantitative estimate of drug-likeness (QED) is 0.748. The first kappa shape index (κ1) is 19.1. The smallest absolute Gasteiger partial charge is 0.278 e.